The summed E-state index contributed by atoms with van der Waals surface area (Å²) in [7, 11) is 1.94. The molecule has 0 unspecified atom stereocenters. The molecule has 1 heterocycles. The summed E-state index contributed by atoms with van der Waals surface area (Å²) < 4.78 is 1.87. The zero-order valence-corrected chi connectivity index (χ0v) is 9.07. The van der Waals surface area contributed by atoms with E-state index in [0.29, 0.717) is 0 Å². The first kappa shape index (κ1) is 9.77. The molecule has 0 bridgehead atoms. The van der Waals surface area contributed by atoms with Crippen LogP contribution >= 0.6 is 0 Å². The van der Waals surface area contributed by atoms with Gasteiger partial charge in [0, 0.05) is 24.5 Å². The van der Waals surface area contributed by atoms with Gasteiger partial charge in [0.25, 0.3) is 0 Å². The monoisotopic (exact) mass is 201 g/mol. The van der Waals surface area contributed by atoms with Gasteiger partial charge in [-0.3, -0.25) is 4.68 Å². The maximum Gasteiger partial charge on any atom is 0.0679 e. The molecule has 2 N–H and O–H groups in total. The van der Waals surface area contributed by atoms with E-state index in [1.165, 1.54) is 11.1 Å². The van der Waals surface area contributed by atoms with E-state index in [2.05, 4.69) is 18.1 Å². The number of hydrogen-bond donors (Lipinski definition) is 1. The number of rotatable bonds is 2. The maximum absolute atomic E-state index is 5.87. The molecule has 15 heavy (non-hydrogen) atoms. The molecule has 2 rings (SSSR count). The van der Waals surface area contributed by atoms with Crippen LogP contribution in [0.1, 0.15) is 12.5 Å². The van der Waals surface area contributed by atoms with Crippen LogP contribution in [0.4, 0.5) is 5.69 Å². The Hall–Kier alpha value is -1.77. The lowest BCUT2D eigenvalue weighted by molar-refractivity contribution is 0.776. The Labute approximate surface area is 89.5 Å². The molecular formula is C12H15N3. The Morgan fingerprint density at radius 2 is 2.13 bits per heavy atom. The van der Waals surface area contributed by atoms with E-state index >= 15 is 0 Å². The minimum absolute atomic E-state index is 0.864. The second-order valence-corrected chi connectivity index (χ2v) is 3.61. The van der Waals surface area contributed by atoms with Gasteiger partial charge in [-0.05, 0) is 30.2 Å². The summed E-state index contributed by atoms with van der Waals surface area (Å²) >= 11 is 0. The highest BCUT2D eigenvalue weighted by Crippen LogP contribution is 2.23. The van der Waals surface area contributed by atoms with Gasteiger partial charge in [0.2, 0.25) is 0 Å². The summed E-state index contributed by atoms with van der Waals surface area (Å²) in [6, 6.07) is 8.13. The van der Waals surface area contributed by atoms with Crippen LogP contribution in [0.25, 0.3) is 11.3 Å². The van der Waals surface area contributed by atoms with E-state index in [-0.39, 0.29) is 0 Å². The zero-order valence-electron chi connectivity index (χ0n) is 9.07. The molecule has 0 aliphatic heterocycles. The lowest BCUT2D eigenvalue weighted by atomic mass is 10.0. The second-order valence-electron chi connectivity index (χ2n) is 3.61. The van der Waals surface area contributed by atoms with Crippen molar-refractivity contribution in [1.29, 1.82) is 0 Å². The van der Waals surface area contributed by atoms with Crippen LogP contribution in [0.2, 0.25) is 0 Å². The van der Waals surface area contributed by atoms with E-state index in [0.717, 1.165) is 17.8 Å². The van der Waals surface area contributed by atoms with Gasteiger partial charge >= 0.3 is 0 Å². The summed E-state index contributed by atoms with van der Waals surface area (Å²) in [5, 5.41) is 4.16. The van der Waals surface area contributed by atoms with E-state index in [1.54, 1.807) is 6.20 Å². The molecule has 0 amide bonds. The molecule has 0 saturated carbocycles. The van der Waals surface area contributed by atoms with Gasteiger partial charge in [0.1, 0.15) is 0 Å². The van der Waals surface area contributed by atoms with E-state index in [9.17, 15) is 0 Å². The van der Waals surface area contributed by atoms with Crippen LogP contribution < -0.4 is 5.73 Å². The number of nitrogen functional groups attached to an aromatic ring is 1. The van der Waals surface area contributed by atoms with Crippen molar-refractivity contribution in [3.63, 3.8) is 0 Å². The highest BCUT2D eigenvalue weighted by molar-refractivity contribution is 5.64. The molecule has 3 nitrogen and oxygen atoms in total. The SMILES string of the molecule is CCc1cc(-c2ccnn2C)ccc1N. The molecular weight excluding hydrogens is 186 g/mol. The van der Waals surface area contributed by atoms with E-state index < -0.39 is 0 Å². The van der Waals surface area contributed by atoms with Crippen LogP contribution in [0.15, 0.2) is 30.5 Å². The molecule has 0 radical (unpaired) electrons. The van der Waals surface area contributed by atoms with Crippen LogP contribution in [0.5, 0.6) is 0 Å². The molecule has 3 heteroatoms. The fraction of sp³-hybridized carbons (Fsp3) is 0.250. The number of benzene rings is 1. The van der Waals surface area contributed by atoms with Gasteiger partial charge < -0.3 is 5.73 Å². The molecule has 0 spiro atoms. The van der Waals surface area contributed by atoms with Gasteiger partial charge in [-0.25, -0.2) is 0 Å². The first-order valence-electron chi connectivity index (χ1n) is 5.09. The topological polar surface area (TPSA) is 43.8 Å². The van der Waals surface area contributed by atoms with Crippen molar-refractivity contribution in [3.8, 4) is 11.3 Å². The largest absolute Gasteiger partial charge is 0.399 e. The first-order valence-corrected chi connectivity index (χ1v) is 5.09. The minimum Gasteiger partial charge on any atom is -0.399 e. The Morgan fingerprint density at radius 3 is 2.73 bits per heavy atom. The molecule has 0 aliphatic carbocycles. The average Bonchev–Trinajstić information content (AvgIpc) is 2.65. The minimum atomic E-state index is 0.864. The van der Waals surface area contributed by atoms with Crippen molar-refractivity contribution in [3.05, 3.63) is 36.0 Å². The van der Waals surface area contributed by atoms with Gasteiger partial charge in [0.05, 0.1) is 5.69 Å². The number of nitrogens with zero attached hydrogens (tertiary/aromatic N) is 2. The fourth-order valence-electron chi connectivity index (χ4n) is 1.73. The molecule has 2 aromatic rings. The Kier molecular flexibility index (Phi) is 2.46. The summed E-state index contributed by atoms with van der Waals surface area (Å²) in [4.78, 5) is 0. The van der Waals surface area contributed by atoms with Crippen molar-refractivity contribution < 1.29 is 0 Å². The lowest BCUT2D eigenvalue weighted by Crippen LogP contribution is -1.96. The van der Waals surface area contributed by atoms with Crippen LogP contribution in [0, 0.1) is 0 Å². The Balaban J connectivity index is 2.51. The second kappa shape index (κ2) is 3.77. The highest BCUT2D eigenvalue weighted by Gasteiger charge is 2.04. The lowest BCUT2D eigenvalue weighted by Gasteiger charge is -2.07. The van der Waals surface area contributed by atoms with Crippen LogP contribution in [-0.2, 0) is 13.5 Å². The number of anilines is 1. The van der Waals surface area contributed by atoms with Crippen molar-refractivity contribution in [2.24, 2.45) is 7.05 Å². The molecule has 1 aromatic heterocycles. The molecule has 0 aliphatic rings. The Bertz CT molecular complexity index is 471. The summed E-state index contributed by atoms with van der Waals surface area (Å²) in [5.74, 6) is 0. The van der Waals surface area contributed by atoms with Crippen LogP contribution in [-0.4, -0.2) is 9.78 Å². The molecule has 0 fully saturated rings. The smallest absolute Gasteiger partial charge is 0.0679 e. The van der Waals surface area contributed by atoms with Gasteiger partial charge in [-0.1, -0.05) is 13.0 Å². The molecule has 0 atom stereocenters. The van der Waals surface area contributed by atoms with Crippen LogP contribution in [0.3, 0.4) is 0 Å². The van der Waals surface area contributed by atoms with Gasteiger partial charge in [-0.15, -0.1) is 0 Å². The predicted molar refractivity (Wildman–Crippen MR) is 62.4 cm³/mol. The molecule has 1 aromatic carbocycles. The zero-order chi connectivity index (χ0) is 10.8. The average molecular weight is 201 g/mol. The third-order valence-corrected chi connectivity index (χ3v) is 2.64. The molecule has 78 valence electrons. The maximum atomic E-state index is 5.87. The number of aryl methyl sites for hydroxylation is 2. The third kappa shape index (κ3) is 1.73. The summed E-state index contributed by atoms with van der Waals surface area (Å²) in [5.41, 5.74) is 10.2. The fourth-order valence-corrected chi connectivity index (χ4v) is 1.73. The first-order chi connectivity index (χ1) is 7.22. The standard InChI is InChI=1S/C12H15N3/c1-3-9-8-10(4-5-11(9)13)12-6-7-14-15(12)2/h4-8H,3,13H2,1-2H3. The predicted octanol–water partition coefficient (Wildman–Crippen LogP) is 2.23. The van der Waals surface area contributed by atoms with Crippen molar-refractivity contribution in [2.45, 2.75) is 13.3 Å². The van der Waals surface area contributed by atoms with E-state index in [1.807, 2.05) is 29.9 Å². The van der Waals surface area contributed by atoms with Crippen molar-refractivity contribution in [1.82, 2.24) is 9.78 Å². The van der Waals surface area contributed by atoms with Gasteiger partial charge in [-0.2, -0.15) is 5.10 Å². The third-order valence-electron chi connectivity index (χ3n) is 2.64. The number of nitrogens with two attached hydrogens (primary N) is 1. The van der Waals surface area contributed by atoms with E-state index in [4.69, 9.17) is 5.73 Å². The normalized spacial score (nSPS) is 10.5. The Morgan fingerprint density at radius 1 is 1.33 bits per heavy atom. The number of aromatic nitrogens is 2. The van der Waals surface area contributed by atoms with Crippen molar-refractivity contribution in [2.75, 3.05) is 5.73 Å². The van der Waals surface area contributed by atoms with Crippen molar-refractivity contribution >= 4 is 5.69 Å². The summed E-state index contributed by atoms with van der Waals surface area (Å²) in [6.45, 7) is 2.11. The molecule has 0 saturated heterocycles. The number of hydrogen-bond acceptors (Lipinski definition) is 2. The summed E-state index contributed by atoms with van der Waals surface area (Å²) in [6.07, 6.45) is 2.76. The quantitative estimate of drug-likeness (QED) is 0.757. The van der Waals surface area contributed by atoms with Gasteiger partial charge in [0.15, 0.2) is 0 Å². The highest BCUT2D eigenvalue weighted by atomic mass is 15.2.